The summed E-state index contributed by atoms with van der Waals surface area (Å²) in [5.74, 6) is 0.304. The van der Waals surface area contributed by atoms with E-state index in [1.807, 2.05) is 42.5 Å². The fourth-order valence-electron chi connectivity index (χ4n) is 3.99. The molecule has 0 atom stereocenters. The van der Waals surface area contributed by atoms with Crippen LogP contribution in [-0.2, 0) is 9.59 Å². The van der Waals surface area contributed by atoms with Gasteiger partial charge < -0.3 is 20.2 Å². The van der Waals surface area contributed by atoms with E-state index in [9.17, 15) is 14.7 Å². The first-order valence-electron chi connectivity index (χ1n) is 10.1. The third-order valence-electron chi connectivity index (χ3n) is 5.50. The normalized spacial score (nSPS) is 17.6. The minimum atomic E-state index is -0.0832. The average Bonchev–Trinajstić information content (AvgIpc) is 3.15. The Morgan fingerprint density at radius 1 is 0.931 bits per heavy atom. The molecule has 2 heterocycles. The van der Waals surface area contributed by atoms with E-state index in [0.717, 1.165) is 44.0 Å². The molecule has 2 aliphatic rings. The summed E-state index contributed by atoms with van der Waals surface area (Å²) in [4.78, 5) is 30.7. The van der Waals surface area contributed by atoms with Gasteiger partial charge in [-0.15, -0.1) is 0 Å². The van der Waals surface area contributed by atoms with Gasteiger partial charge in [0.1, 0.15) is 5.75 Å². The van der Waals surface area contributed by atoms with Crippen molar-refractivity contribution in [1.82, 2.24) is 4.90 Å². The van der Waals surface area contributed by atoms with Crippen LogP contribution < -0.4 is 15.1 Å². The number of piperazine rings is 1. The number of nitrogens with one attached hydrogen (secondary N) is 1. The highest BCUT2D eigenvalue weighted by molar-refractivity contribution is 6.02. The van der Waals surface area contributed by atoms with Gasteiger partial charge in [0.25, 0.3) is 0 Å². The first-order chi connectivity index (χ1) is 14.1. The maximum absolute atomic E-state index is 12.6. The van der Waals surface area contributed by atoms with Crippen LogP contribution in [0.5, 0.6) is 5.75 Å². The molecule has 0 spiro atoms. The Hall–Kier alpha value is -3.06. The third-order valence-corrected chi connectivity index (χ3v) is 5.50. The lowest BCUT2D eigenvalue weighted by atomic mass is 10.2. The number of para-hydroxylation sites is 4. The Morgan fingerprint density at radius 3 is 2.31 bits per heavy atom. The zero-order valence-corrected chi connectivity index (χ0v) is 16.4. The van der Waals surface area contributed by atoms with Gasteiger partial charge in [0, 0.05) is 39.1 Å². The highest BCUT2D eigenvalue weighted by Gasteiger charge is 2.25. The minimum absolute atomic E-state index is 0.0832. The van der Waals surface area contributed by atoms with E-state index in [2.05, 4.69) is 15.1 Å². The number of aromatic hydroxyl groups is 1. The summed E-state index contributed by atoms with van der Waals surface area (Å²) in [5, 5.41) is 13.0. The summed E-state index contributed by atoms with van der Waals surface area (Å²) in [6.07, 6.45) is 1.41. The van der Waals surface area contributed by atoms with Gasteiger partial charge in [0.2, 0.25) is 11.8 Å². The molecule has 2 aromatic carbocycles. The van der Waals surface area contributed by atoms with E-state index in [1.54, 1.807) is 11.0 Å². The summed E-state index contributed by atoms with van der Waals surface area (Å²) in [6.45, 7) is 3.99. The molecule has 4 rings (SSSR count). The van der Waals surface area contributed by atoms with Crippen molar-refractivity contribution in [3.63, 3.8) is 0 Å². The van der Waals surface area contributed by atoms with E-state index >= 15 is 0 Å². The quantitative estimate of drug-likeness (QED) is 0.814. The maximum atomic E-state index is 12.6. The molecule has 7 nitrogen and oxygen atoms in total. The van der Waals surface area contributed by atoms with E-state index in [4.69, 9.17) is 0 Å². The van der Waals surface area contributed by atoms with Gasteiger partial charge in [-0.3, -0.25) is 14.5 Å². The molecule has 2 N–H and O–H groups in total. The van der Waals surface area contributed by atoms with Crippen molar-refractivity contribution in [2.45, 2.75) is 12.8 Å². The van der Waals surface area contributed by atoms with E-state index in [1.165, 1.54) is 0 Å². The summed E-state index contributed by atoms with van der Waals surface area (Å²) in [6, 6.07) is 14.8. The van der Waals surface area contributed by atoms with Crippen molar-refractivity contribution in [3.05, 3.63) is 48.5 Å². The van der Waals surface area contributed by atoms with Gasteiger partial charge in [-0.2, -0.15) is 0 Å². The molecule has 0 saturated carbocycles. The monoisotopic (exact) mass is 394 g/mol. The molecular weight excluding hydrogens is 368 g/mol. The fraction of sp³-hybridized carbons (Fsp3) is 0.364. The number of carbonyl (C=O) groups is 2. The highest BCUT2D eigenvalue weighted by atomic mass is 16.3. The predicted octanol–water partition coefficient (Wildman–Crippen LogP) is 2.28. The molecule has 0 aromatic heterocycles. The lowest BCUT2D eigenvalue weighted by Crippen LogP contribution is -2.48. The number of carbonyl (C=O) groups excluding carboxylic acids is 2. The molecule has 2 saturated heterocycles. The molecule has 0 bridgehead atoms. The molecular formula is C22H26N4O3. The molecule has 7 heteroatoms. The van der Waals surface area contributed by atoms with E-state index < -0.39 is 0 Å². The number of amides is 2. The van der Waals surface area contributed by atoms with Crippen molar-refractivity contribution < 1.29 is 14.7 Å². The molecule has 0 unspecified atom stereocenters. The van der Waals surface area contributed by atoms with Crippen LogP contribution in [0.3, 0.4) is 0 Å². The molecule has 29 heavy (non-hydrogen) atoms. The highest BCUT2D eigenvalue weighted by Crippen LogP contribution is 2.30. The molecule has 152 valence electrons. The lowest BCUT2D eigenvalue weighted by Gasteiger charge is -2.36. The van der Waals surface area contributed by atoms with Crippen LogP contribution in [0.1, 0.15) is 12.8 Å². The van der Waals surface area contributed by atoms with E-state index in [0.29, 0.717) is 25.2 Å². The Bertz CT molecular complexity index is 893. The first kappa shape index (κ1) is 19.3. The number of nitrogens with zero attached hydrogens (tertiary/aromatic N) is 3. The summed E-state index contributed by atoms with van der Waals surface area (Å²) < 4.78 is 0. The largest absolute Gasteiger partial charge is 0.506 e. The molecule has 2 amide bonds. The fourth-order valence-corrected chi connectivity index (χ4v) is 3.99. The van der Waals surface area contributed by atoms with Crippen molar-refractivity contribution in [1.29, 1.82) is 0 Å². The first-order valence-corrected chi connectivity index (χ1v) is 10.1. The SMILES string of the molecule is O=C(CN1CCN(c2ccccc2O)CC1)Nc1ccccc1N1CCCC1=O. The standard InChI is InChI=1S/C22H26N4O3/c27-20-9-4-3-8-19(20)25-14-12-24(13-15-25)16-21(28)23-17-6-1-2-7-18(17)26-11-5-10-22(26)29/h1-4,6-9,27H,5,10-16H2,(H,23,28). The summed E-state index contributed by atoms with van der Waals surface area (Å²) in [5.41, 5.74) is 2.29. The van der Waals surface area contributed by atoms with Crippen molar-refractivity contribution in [3.8, 4) is 5.75 Å². The maximum Gasteiger partial charge on any atom is 0.238 e. The van der Waals surface area contributed by atoms with Gasteiger partial charge in [0.05, 0.1) is 23.6 Å². The molecule has 2 aromatic rings. The molecule has 0 radical (unpaired) electrons. The van der Waals surface area contributed by atoms with E-state index in [-0.39, 0.29) is 17.6 Å². The predicted molar refractivity (Wildman–Crippen MR) is 113 cm³/mol. The van der Waals surface area contributed by atoms with Crippen LogP contribution in [0.2, 0.25) is 0 Å². The number of rotatable bonds is 5. The van der Waals surface area contributed by atoms with Crippen molar-refractivity contribution >= 4 is 28.9 Å². The Balaban J connectivity index is 1.33. The van der Waals surface area contributed by atoms with Crippen molar-refractivity contribution in [2.24, 2.45) is 0 Å². The number of phenolic OH excluding ortho intramolecular Hbond substituents is 1. The molecule has 0 aliphatic carbocycles. The molecule has 2 aliphatic heterocycles. The second-order valence-corrected chi connectivity index (χ2v) is 7.47. The zero-order valence-electron chi connectivity index (χ0n) is 16.4. The third kappa shape index (κ3) is 4.35. The second-order valence-electron chi connectivity index (χ2n) is 7.47. The Labute approximate surface area is 170 Å². The number of hydrogen-bond acceptors (Lipinski definition) is 5. The topological polar surface area (TPSA) is 76.1 Å². The minimum Gasteiger partial charge on any atom is -0.506 e. The van der Waals surface area contributed by atoms with Gasteiger partial charge in [-0.1, -0.05) is 24.3 Å². The Morgan fingerprint density at radius 2 is 1.62 bits per heavy atom. The lowest BCUT2D eigenvalue weighted by molar-refractivity contribution is -0.118. The number of anilines is 3. The molecule has 2 fully saturated rings. The average molecular weight is 394 g/mol. The summed E-state index contributed by atoms with van der Waals surface area (Å²) >= 11 is 0. The zero-order chi connectivity index (χ0) is 20.2. The number of benzene rings is 2. The Kier molecular flexibility index (Phi) is 5.67. The smallest absolute Gasteiger partial charge is 0.238 e. The van der Waals surface area contributed by atoms with Gasteiger partial charge in [0.15, 0.2) is 0 Å². The van der Waals surface area contributed by atoms with Crippen LogP contribution in [0.25, 0.3) is 0 Å². The van der Waals surface area contributed by atoms with Crippen LogP contribution in [-0.4, -0.2) is 61.1 Å². The van der Waals surface area contributed by atoms with Crippen LogP contribution >= 0.6 is 0 Å². The van der Waals surface area contributed by atoms with Crippen molar-refractivity contribution in [2.75, 3.05) is 54.4 Å². The van der Waals surface area contributed by atoms with Gasteiger partial charge in [-0.25, -0.2) is 0 Å². The number of hydrogen-bond donors (Lipinski definition) is 2. The van der Waals surface area contributed by atoms with Crippen LogP contribution in [0.15, 0.2) is 48.5 Å². The van der Waals surface area contributed by atoms with Crippen LogP contribution in [0.4, 0.5) is 17.1 Å². The number of phenols is 1. The van der Waals surface area contributed by atoms with Gasteiger partial charge >= 0.3 is 0 Å². The summed E-state index contributed by atoms with van der Waals surface area (Å²) in [7, 11) is 0. The second kappa shape index (κ2) is 8.53. The van der Waals surface area contributed by atoms with Crippen LogP contribution in [0, 0.1) is 0 Å². The van der Waals surface area contributed by atoms with Gasteiger partial charge in [-0.05, 0) is 30.7 Å².